The molecule has 3 saturated heterocycles. The number of hydrogen-bond donors (Lipinski definition) is 4. The number of halogens is 1. The molecule has 5 aliphatic rings. The van der Waals surface area contributed by atoms with Gasteiger partial charge in [0, 0.05) is 114 Å². The molecule has 3 aromatic heterocycles. The number of amides is 3. The average molecular weight is 883 g/mol. The van der Waals surface area contributed by atoms with E-state index in [1.165, 1.54) is 17.2 Å². The number of carbonyl (C=O) groups is 3. The van der Waals surface area contributed by atoms with Crippen molar-refractivity contribution in [3.8, 4) is 5.88 Å². The minimum atomic E-state index is -0.594. The number of carbonyl (C=O) groups excluding carboxylic acids is 3. The number of piperazine rings is 2. The van der Waals surface area contributed by atoms with Gasteiger partial charge < -0.3 is 40.3 Å². The van der Waals surface area contributed by atoms with Crippen LogP contribution in [0.15, 0.2) is 67.3 Å². The van der Waals surface area contributed by atoms with E-state index in [2.05, 4.69) is 87.1 Å². The fourth-order valence-electron chi connectivity index (χ4n) is 9.10. The topological polar surface area (TPSA) is 189 Å². The Morgan fingerprint density at radius 3 is 2.37 bits per heavy atom. The lowest BCUT2D eigenvalue weighted by Crippen LogP contribution is -2.49. The minimum Gasteiger partial charge on any atom is -0.474 e. The number of ether oxygens (including phenoxy) is 1. The highest BCUT2D eigenvalue weighted by atomic mass is 19.1. The molecular formula is C46H51FN14O4. The van der Waals surface area contributed by atoms with Crippen molar-refractivity contribution < 1.29 is 23.5 Å². The molecule has 65 heavy (non-hydrogen) atoms. The van der Waals surface area contributed by atoms with Gasteiger partial charge in [0.15, 0.2) is 0 Å². The normalized spacial score (nSPS) is 18.8. The van der Waals surface area contributed by atoms with E-state index in [0.717, 1.165) is 80.6 Å². The van der Waals surface area contributed by atoms with Gasteiger partial charge in [-0.05, 0) is 61.2 Å². The van der Waals surface area contributed by atoms with Crippen LogP contribution in [0.4, 0.5) is 44.7 Å². The van der Waals surface area contributed by atoms with Crippen LogP contribution in [0.2, 0.25) is 0 Å². The molecule has 3 amide bonds. The van der Waals surface area contributed by atoms with Crippen molar-refractivity contribution in [2.24, 2.45) is 0 Å². The van der Waals surface area contributed by atoms with Gasteiger partial charge in [0.25, 0.3) is 5.91 Å². The summed E-state index contributed by atoms with van der Waals surface area (Å²) in [5, 5.41) is 12.2. The van der Waals surface area contributed by atoms with E-state index in [1.54, 1.807) is 29.4 Å². The highest BCUT2D eigenvalue weighted by Gasteiger charge is 2.29. The molecule has 0 spiro atoms. The molecule has 8 heterocycles. The first kappa shape index (κ1) is 41.8. The Morgan fingerprint density at radius 1 is 0.831 bits per heavy atom. The summed E-state index contributed by atoms with van der Waals surface area (Å²) in [4.78, 5) is 70.8. The van der Waals surface area contributed by atoms with Crippen LogP contribution in [0.25, 0.3) is 0 Å². The summed E-state index contributed by atoms with van der Waals surface area (Å²) in [5.74, 6) is 0.543. The first-order valence-corrected chi connectivity index (χ1v) is 22.3. The third-order valence-corrected chi connectivity index (χ3v) is 12.8. The molecular weight excluding hydrogens is 832 g/mol. The van der Waals surface area contributed by atoms with Crippen LogP contribution in [0.1, 0.15) is 45.6 Å². The second-order valence-electron chi connectivity index (χ2n) is 17.0. The second kappa shape index (κ2) is 18.1. The third-order valence-electron chi connectivity index (χ3n) is 12.8. The minimum absolute atomic E-state index is 0.156. The molecule has 0 radical (unpaired) electrons. The van der Waals surface area contributed by atoms with Crippen LogP contribution < -0.4 is 40.7 Å². The predicted molar refractivity (Wildman–Crippen MR) is 243 cm³/mol. The monoisotopic (exact) mass is 882 g/mol. The number of piperidine rings is 1. The molecule has 336 valence electrons. The van der Waals surface area contributed by atoms with Gasteiger partial charge in [-0.1, -0.05) is 12.1 Å². The van der Waals surface area contributed by atoms with Crippen molar-refractivity contribution >= 4 is 58.1 Å². The molecule has 2 aromatic carbocycles. The van der Waals surface area contributed by atoms with Crippen LogP contribution in [0.3, 0.4) is 0 Å². The van der Waals surface area contributed by atoms with Gasteiger partial charge in [0.1, 0.15) is 24.2 Å². The maximum absolute atomic E-state index is 15.2. The molecule has 18 nitrogen and oxygen atoms in total. The van der Waals surface area contributed by atoms with Crippen LogP contribution >= 0.6 is 0 Å². The number of pyridine rings is 1. The van der Waals surface area contributed by atoms with E-state index >= 15 is 4.39 Å². The van der Waals surface area contributed by atoms with Gasteiger partial charge in [-0.15, -0.1) is 0 Å². The fraction of sp³-hybridized carbons (Fsp3) is 0.391. The van der Waals surface area contributed by atoms with E-state index in [-0.39, 0.29) is 18.2 Å². The Labute approximate surface area is 375 Å². The number of fused-ring (bicyclic) bond motifs is 2. The molecule has 1 unspecified atom stereocenters. The second-order valence-corrected chi connectivity index (χ2v) is 17.0. The van der Waals surface area contributed by atoms with Crippen molar-refractivity contribution in [3.05, 3.63) is 101 Å². The summed E-state index contributed by atoms with van der Waals surface area (Å²) in [6, 6.07) is 12.6. The third kappa shape index (κ3) is 9.13. The Bertz CT molecular complexity index is 2580. The van der Waals surface area contributed by atoms with Gasteiger partial charge in [0.2, 0.25) is 29.6 Å². The smallest absolute Gasteiger partial charge is 0.257 e. The van der Waals surface area contributed by atoms with E-state index in [9.17, 15) is 14.4 Å². The largest absolute Gasteiger partial charge is 0.474 e. The van der Waals surface area contributed by atoms with Crippen molar-refractivity contribution in [1.29, 1.82) is 0 Å². The van der Waals surface area contributed by atoms with Crippen molar-refractivity contribution in [2.45, 2.75) is 45.3 Å². The van der Waals surface area contributed by atoms with E-state index < -0.39 is 17.8 Å². The van der Waals surface area contributed by atoms with Crippen molar-refractivity contribution in [1.82, 2.24) is 40.0 Å². The number of imide groups is 1. The Morgan fingerprint density at radius 2 is 1.60 bits per heavy atom. The lowest BCUT2D eigenvalue weighted by Gasteiger charge is -2.36. The standard InChI is InChI=1S/C46H51FN14O4/c1-29-39(26-49-43-41(29)48-11-21-65-43)61-12-10-31-23-50-45(55-37(31)28-61)54-33-4-2-30(3-5-33)27-57-13-15-60(16-14-57)46-51-24-32(25-52-46)44(64)59-19-17-58(18-20-59)38-8-6-34(22-35(38)47)53-36-7-9-40(62)56-42(36)63/h2-6,8,22-26,36,48,53H,7,9-21,27-28H2,1H3,(H,50,54,55)(H,56,62,63). The maximum Gasteiger partial charge on any atom is 0.257 e. The number of nitrogens with one attached hydrogen (secondary N) is 4. The molecule has 0 saturated carbocycles. The first-order valence-electron chi connectivity index (χ1n) is 22.3. The number of nitrogens with zero attached hydrogens (tertiary/aromatic N) is 10. The fourth-order valence-corrected chi connectivity index (χ4v) is 9.10. The molecule has 19 heteroatoms. The van der Waals surface area contributed by atoms with Gasteiger partial charge in [0.05, 0.1) is 35.4 Å². The quantitative estimate of drug-likeness (QED) is 0.149. The Balaban J connectivity index is 0.668. The SMILES string of the molecule is Cc1c(N2CCc3cnc(Nc4ccc(CN5CCN(c6ncc(C(=O)N7CCN(c8ccc(NC9CCC(=O)NC9=O)cc8F)CC7)cn6)CC5)cc4)nc3C2)cnc2c1NCCO2. The van der Waals surface area contributed by atoms with Crippen LogP contribution in [0, 0.1) is 12.7 Å². The van der Waals surface area contributed by atoms with Crippen LogP contribution in [-0.4, -0.2) is 131 Å². The Hall–Kier alpha value is -7.15. The van der Waals surface area contributed by atoms with Crippen LogP contribution in [0.5, 0.6) is 5.88 Å². The molecule has 4 N–H and O–H groups in total. The number of benzene rings is 2. The highest BCUT2D eigenvalue weighted by molar-refractivity contribution is 6.01. The summed E-state index contributed by atoms with van der Waals surface area (Å²) in [7, 11) is 0. The zero-order valence-electron chi connectivity index (χ0n) is 36.2. The summed E-state index contributed by atoms with van der Waals surface area (Å²) < 4.78 is 20.9. The van der Waals surface area contributed by atoms with Crippen molar-refractivity contribution in [2.75, 3.05) is 103 Å². The lowest BCUT2D eigenvalue weighted by atomic mass is 10.0. The zero-order chi connectivity index (χ0) is 44.4. The molecule has 0 bridgehead atoms. The maximum atomic E-state index is 15.2. The van der Waals surface area contributed by atoms with E-state index in [4.69, 9.17) is 9.72 Å². The number of rotatable bonds is 10. The molecule has 1 atom stereocenters. The predicted octanol–water partition coefficient (Wildman–Crippen LogP) is 3.72. The summed E-state index contributed by atoms with van der Waals surface area (Å²) in [6.07, 6.45) is 8.49. The summed E-state index contributed by atoms with van der Waals surface area (Å²) >= 11 is 0. The first-order chi connectivity index (χ1) is 31.7. The van der Waals surface area contributed by atoms with Gasteiger partial charge in [-0.3, -0.25) is 24.6 Å². The number of aromatic nitrogens is 5. The van der Waals surface area contributed by atoms with Gasteiger partial charge in [-0.25, -0.2) is 29.3 Å². The molecule has 5 aromatic rings. The van der Waals surface area contributed by atoms with E-state index in [0.29, 0.717) is 80.5 Å². The van der Waals surface area contributed by atoms with E-state index in [1.807, 2.05) is 17.3 Å². The Kier molecular flexibility index (Phi) is 11.7. The van der Waals surface area contributed by atoms with Crippen LogP contribution in [-0.2, 0) is 29.1 Å². The molecule has 5 aliphatic heterocycles. The van der Waals surface area contributed by atoms with Gasteiger partial charge in [-0.2, -0.15) is 0 Å². The summed E-state index contributed by atoms with van der Waals surface area (Å²) in [6.45, 7) is 10.9. The molecule has 0 aliphatic carbocycles. The zero-order valence-corrected chi connectivity index (χ0v) is 36.2. The highest BCUT2D eigenvalue weighted by Crippen LogP contribution is 2.36. The summed E-state index contributed by atoms with van der Waals surface area (Å²) in [5.41, 5.74) is 8.82. The molecule has 3 fully saturated rings. The lowest BCUT2D eigenvalue weighted by molar-refractivity contribution is -0.133. The number of anilines is 7. The molecule has 10 rings (SSSR count). The number of hydrogen-bond acceptors (Lipinski definition) is 16. The van der Waals surface area contributed by atoms with Crippen molar-refractivity contribution in [3.63, 3.8) is 0 Å². The average Bonchev–Trinajstić information content (AvgIpc) is 3.33. The van der Waals surface area contributed by atoms with Gasteiger partial charge >= 0.3 is 0 Å².